The van der Waals surface area contributed by atoms with Crippen LogP contribution in [-0.2, 0) is 0 Å². The Labute approximate surface area is 79.0 Å². The van der Waals surface area contributed by atoms with Crippen LogP contribution in [0.4, 0.5) is 4.79 Å². The van der Waals surface area contributed by atoms with Crippen LogP contribution in [0, 0.1) is 12.3 Å². The van der Waals surface area contributed by atoms with E-state index in [1.54, 1.807) is 12.1 Å². The highest BCUT2D eigenvalue weighted by Crippen LogP contribution is 2.10. The van der Waals surface area contributed by atoms with Gasteiger partial charge < -0.3 is 5.11 Å². The summed E-state index contributed by atoms with van der Waals surface area (Å²) in [5.74, 6) is 2.33. The summed E-state index contributed by atoms with van der Waals surface area (Å²) in [6.07, 6.45) is 5.21. The van der Waals surface area contributed by atoms with Gasteiger partial charge in [0.15, 0.2) is 5.65 Å². The summed E-state index contributed by atoms with van der Waals surface area (Å²) in [6, 6.07) is 3.25. The standard InChI is InChI=1S/C9H5N3O2/c1-2-6-3-4-7-8(11-6)12(5-10-7)9(13)14/h1,3-5H,(H,13,14). The average Bonchev–Trinajstić information content (AvgIpc) is 2.59. The molecule has 0 bridgehead atoms. The number of hydrogen-bond acceptors (Lipinski definition) is 3. The Bertz CT molecular complexity index is 551. The molecule has 0 atom stereocenters. The molecule has 1 N–H and O–H groups in total. The van der Waals surface area contributed by atoms with E-state index >= 15 is 0 Å². The summed E-state index contributed by atoms with van der Waals surface area (Å²) in [5.41, 5.74) is 1.15. The first kappa shape index (κ1) is 8.26. The van der Waals surface area contributed by atoms with Gasteiger partial charge in [0.1, 0.15) is 17.5 Å². The largest absolute Gasteiger partial charge is 0.464 e. The van der Waals surface area contributed by atoms with Gasteiger partial charge in [0, 0.05) is 0 Å². The van der Waals surface area contributed by atoms with Crippen LogP contribution >= 0.6 is 0 Å². The number of fused-ring (bicyclic) bond motifs is 1. The smallest absolute Gasteiger partial charge is 0.418 e. The van der Waals surface area contributed by atoms with Gasteiger partial charge in [-0.1, -0.05) is 5.92 Å². The summed E-state index contributed by atoms with van der Waals surface area (Å²) in [4.78, 5) is 18.5. The minimum atomic E-state index is -1.13. The van der Waals surface area contributed by atoms with Gasteiger partial charge in [-0.05, 0) is 12.1 Å². The Morgan fingerprint density at radius 2 is 2.36 bits per heavy atom. The highest BCUT2D eigenvalue weighted by atomic mass is 16.4. The van der Waals surface area contributed by atoms with Gasteiger partial charge >= 0.3 is 6.09 Å². The minimum absolute atomic E-state index is 0.257. The lowest BCUT2D eigenvalue weighted by molar-refractivity contribution is 0.197. The number of carboxylic acid groups (broad SMARTS) is 1. The van der Waals surface area contributed by atoms with E-state index in [1.807, 2.05) is 0 Å². The van der Waals surface area contributed by atoms with Gasteiger partial charge in [-0.3, -0.25) is 0 Å². The minimum Gasteiger partial charge on any atom is -0.464 e. The second-order valence-electron chi connectivity index (χ2n) is 2.58. The fraction of sp³-hybridized carbons (Fsp3) is 0. The van der Waals surface area contributed by atoms with Crippen molar-refractivity contribution in [3.05, 3.63) is 24.2 Å². The van der Waals surface area contributed by atoms with Crippen molar-refractivity contribution in [2.45, 2.75) is 0 Å². The zero-order valence-electron chi connectivity index (χ0n) is 7.01. The second kappa shape index (κ2) is 2.85. The van der Waals surface area contributed by atoms with Gasteiger partial charge in [0.2, 0.25) is 0 Å². The van der Waals surface area contributed by atoms with Crippen molar-refractivity contribution < 1.29 is 9.90 Å². The maximum Gasteiger partial charge on any atom is 0.418 e. The number of terminal acetylenes is 1. The first-order valence-electron chi connectivity index (χ1n) is 3.76. The number of aromatic nitrogens is 3. The second-order valence-corrected chi connectivity index (χ2v) is 2.58. The Balaban J connectivity index is 2.77. The number of carbonyl (C=O) groups is 1. The topological polar surface area (TPSA) is 68.0 Å². The van der Waals surface area contributed by atoms with Crippen LogP contribution in [0.1, 0.15) is 5.69 Å². The van der Waals surface area contributed by atoms with E-state index in [4.69, 9.17) is 11.5 Å². The molecule has 0 spiro atoms. The van der Waals surface area contributed by atoms with Crippen molar-refractivity contribution in [1.29, 1.82) is 0 Å². The lowest BCUT2D eigenvalue weighted by atomic mass is 10.3. The molecule has 0 saturated carbocycles. The summed E-state index contributed by atoms with van der Waals surface area (Å²) < 4.78 is 0.927. The first-order valence-corrected chi connectivity index (χ1v) is 3.76. The summed E-state index contributed by atoms with van der Waals surface area (Å²) >= 11 is 0. The number of nitrogens with zero attached hydrogens (tertiary/aromatic N) is 3. The van der Waals surface area contributed by atoms with E-state index in [1.165, 1.54) is 6.33 Å². The fourth-order valence-corrected chi connectivity index (χ4v) is 1.11. The molecule has 2 aromatic rings. The van der Waals surface area contributed by atoms with Crippen LogP contribution in [0.5, 0.6) is 0 Å². The monoisotopic (exact) mass is 187 g/mol. The first-order chi connectivity index (χ1) is 6.72. The quantitative estimate of drug-likeness (QED) is 0.623. The lowest BCUT2D eigenvalue weighted by Crippen LogP contribution is -2.06. The molecule has 68 valence electrons. The van der Waals surface area contributed by atoms with Crippen LogP contribution in [-0.4, -0.2) is 25.7 Å². The molecule has 2 aromatic heterocycles. The molecule has 2 heterocycles. The van der Waals surface area contributed by atoms with Gasteiger partial charge in [0.25, 0.3) is 0 Å². The Kier molecular flexibility index (Phi) is 1.68. The zero-order chi connectivity index (χ0) is 10.1. The molecule has 2 rings (SSSR count). The highest BCUT2D eigenvalue weighted by Gasteiger charge is 2.09. The van der Waals surface area contributed by atoms with Gasteiger partial charge in [0.05, 0.1) is 0 Å². The normalized spacial score (nSPS) is 9.93. The predicted molar refractivity (Wildman–Crippen MR) is 48.9 cm³/mol. The molecular weight excluding hydrogens is 182 g/mol. The van der Waals surface area contributed by atoms with E-state index in [0.717, 1.165) is 4.57 Å². The zero-order valence-corrected chi connectivity index (χ0v) is 7.01. The van der Waals surface area contributed by atoms with E-state index < -0.39 is 6.09 Å². The summed E-state index contributed by atoms with van der Waals surface area (Å²) in [5, 5.41) is 8.77. The Morgan fingerprint density at radius 3 is 3.00 bits per heavy atom. The molecule has 0 aliphatic rings. The molecular formula is C9H5N3O2. The summed E-state index contributed by atoms with van der Waals surface area (Å²) in [7, 11) is 0. The van der Waals surface area contributed by atoms with Crippen molar-refractivity contribution in [1.82, 2.24) is 14.5 Å². The molecule has 14 heavy (non-hydrogen) atoms. The van der Waals surface area contributed by atoms with E-state index in [9.17, 15) is 4.79 Å². The molecule has 0 aliphatic carbocycles. The van der Waals surface area contributed by atoms with Crippen LogP contribution in [0.25, 0.3) is 11.2 Å². The SMILES string of the molecule is C#Cc1ccc2ncn(C(=O)O)c2n1. The molecule has 0 amide bonds. The molecule has 5 nitrogen and oxygen atoms in total. The molecule has 5 heteroatoms. The molecule has 0 fully saturated rings. The Hall–Kier alpha value is -2.35. The van der Waals surface area contributed by atoms with Crippen molar-refractivity contribution in [2.75, 3.05) is 0 Å². The third-order valence-electron chi connectivity index (χ3n) is 1.75. The lowest BCUT2D eigenvalue weighted by Gasteiger charge is -1.95. The van der Waals surface area contributed by atoms with E-state index in [2.05, 4.69) is 15.9 Å². The van der Waals surface area contributed by atoms with Gasteiger partial charge in [-0.15, -0.1) is 6.42 Å². The molecule has 0 aliphatic heterocycles. The summed E-state index contributed by atoms with van der Waals surface area (Å²) in [6.45, 7) is 0. The van der Waals surface area contributed by atoms with Crippen LogP contribution < -0.4 is 0 Å². The fourth-order valence-electron chi connectivity index (χ4n) is 1.11. The van der Waals surface area contributed by atoms with Crippen LogP contribution in [0.15, 0.2) is 18.5 Å². The number of imidazole rings is 1. The van der Waals surface area contributed by atoms with Crippen molar-refractivity contribution in [2.24, 2.45) is 0 Å². The third kappa shape index (κ3) is 1.10. The number of rotatable bonds is 0. The maximum absolute atomic E-state index is 10.7. The Morgan fingerprint density at radius 1 is 1.57 bits per heavy atom. The predicted octanol–water partition coefficient (Wildman–Crippen LogP) is 0.939. The molecule has 0 saturated heterocycles. The number of hydrogen-bond donors (Lipinski definition) is 1. The van der Waals surface area contributed by atoms with Gasteiger partial charge in [-0.2, -0.15) is 0 Å². The van der Waals surface area contributed by atoms with E-state index in [0.29, 0.717) is 11.2 Å². The van der Waals surface area contributed by atoms with E-state index in [-0.39, 0.29) is 5.65 Å². The molecule has 0 unspecified atom stereocenters. The maximum atomic E-state index is 10.7. The van der Waals surface area contributed by atoms with Crippen molar-refractivity contribution >= 4 is 17.3 Å². The molecule has 0 radical (unpaired) electrons. The van der Waals surface area contributed by atoms with Crippen molar-refractivity contribution in [3.8, 4) is 12.3 Å². The molecule has 0 aromatic carbocycles. The third-order valence-corrected chi connectivity index (χ3v) is 1.75. The average molecular weight is 187 g/mol. The highest BCUT2D eigenvalue weighted by molar-refractivity contribution is 5.82. The number of pyridine rings is 1. The van der Waals surface area contributed by atoms with Crippen LogP contribution in [0.3, 0.4) is 0 Å². The van der Waals surface area contributed by atoms with Gasteiger partial charge in [-0.25, -0.2) is 19.3 Å². The van der Waals surface area contributed by atoms with Crippen molar-refractivity contribution in [3.63, 3.8) is 0 Å². The van der Waals surface area contributed by atoms with Crippen LogP contribution in [0.2, 0.25) is 0 Å².